The van der Waals surface area contributed by atoms with Crippen LogP contribution in [-0.4, -0.2) is 28.6 Å². The molecule has 2 atom stereocenters. The van der Waals surface area contributed by atoms with E-state index in [-0.39, 0.29) is 5.91 Å². The normalized spacial score (nSPS) is 24.3. The molecule has 4 heteroatoms. The van der Waals surface area contributed by atoms with Gasteiger partial charge in [-0.25, -0.2) is 0 Å². The fraction of sp³-hybridized carbons (Fsp3) is 0.474. The molecule has 0 spiro atoms. The third-order valence-corrected chi connectivity index (χ3v) is 5.29. The first-order chi connectivity index (χ1) is 11.3. The smallest absolute Gasteiger partial charge is 0.276 e. The summed E-state index contributed by atoms with van der Waals surface area (Å²) < 4.78 is 5.40. The van der Waals surface area contributed by atoms with Gasteiger partial charge in [-0.05, 0) is 31.6 Å². The van der Waals surface area contributed by atoms with Crippen LogP contribution >= 0.6 is 0 Å². The zero-order valence-corrected chi connectivity index (χ0v) is 13.3. The van der Waals surface area contributed by atoms with Gasteiger partial charge in [0, 0.05) is 24.2 Å². The number of aromatic nitrogens is 1. The number of hydrogen-bond donors (Lipinski definition) is 0. The predicted octanol–water partition coefficient (Wildman–Crippen LogP) is 4.14. The zero-order chi connectivity index (χ0) is 15.6. The van der Waals surface area contributed by atoms with Crippen LogP contribution in [0.1, 0.15) is 49.0 Å². The third kappa shape index (κ3) is 2.78. The van der Waals surface area contributed by atoms with E-state index in [2.05, 4.69) is 10.1 Å². The maximum Gasteiger partial charge on any atom is 0.276 e. The zero-order valence-electron chi connectivity index (χ0n) is 13.3. The minimum absolute atomic E-state index is 0.0348. The molecule has 2 heterocycles. The van der Waals surface area contributed by atoms with E-state index in [1.807, 2.05) is 30.3 Å². The van der Waals surface area contributed by atoms with Crippen LogP contribution in [0.15, 0.2) is 40.9 Å². The highest BCUT2D eigenvalue weighted by molar-refractivity contribution is 5.93. The van der Waals surface area contributed by atoms with Gasteiger partial charge in [0.15, 0.2) is 11.5 Å². The van der Waals surface area contributed by atoms with E-state index in [1.165, 1.54) is 25.7 Å². The van der Waals surface area contributed by atoms with Crippen LogP contribution in [0.25, 0.3) is 11.3 Å². The Morgan fingerprint density at radius 2 is 1.87 bits per heavy atom. The lowest BCUT2D eigenvalue weighted by atomic mass is 9.78. The molecule has 1 aromatic carbocycles. The molecular weight excluding hydrogens is 288 g/mol. The van der Waals surface area contributed by atoms with Crippen LogP contribution in [-0.2, 0) is 0 Å². The largest absolute Gasteiger partial charge is 0.355 e. The maximum absolute atomic E-state index is 12.9. The Labute approximate surface area is 136 Å². The van der Waals surface area contributed by atoms with Crippen LogP contribution in [0.2, 0.25) is 0 Å². The molecule has 1 aliphatic carbocycles. The standard InChI is InChI=1S/C19H22N2O2/c22-19(21-12-6-10-14-7-4-5-11-17(14)21)16-13-18(23-20-16)15-8-2-1-3-9-15/h1-3,8-9,13-14,17H,4-7,10-12H2. The molecule has 2 aromatic rings. The fourth-order valence-electron chi connectivity index (χ4n) is 4.14. The number of amides is 1. The lowest BCUT2D eigenvalue weighted by Gasteiger charge is -2.43. The molecule has 4 nitrogen and oxygen atoms in total. The summed E-state index contributed by atoms with van der Waals surface area (Å²) in [4.78, 5) is 15.0. The fourth-order valence-corrected chi connectivity index (χ4v) is 4.14. The van der Waals surface area contributed by atoms with Crippen molar-refractivity contribution in [1.82, 2.24) is 10.1 Å². The van der Waals surface area contributed by atoms with Gasteiger partial charge in [0.1, 0.15) is 0 Å². The summed E-state index contributed by atoms with van der Waals surface area (Å²) in [5.74, 6) is 1.38. The van der Waals surface area contributed by atoms with Gasteiger partial charge in [-0.3, -0.25) is 4.79 Å². The minimum atomic E-state index is 0.0348. The van der Waals surface area contributed by atoms with Gasteiger partial charge >= 0.3 is 0 Å². The highest BCUT2D eigenvalue weighted by Gasteiger charge is 2.36. The van der Waals surface area contributed by atoms with Crippen LogP contribution < -0.4 is 0 Å². The van der Waals surface area contributed by atoms with Crippen LogP contribution in [0.5, 0.6) is 0 Å². The molecule has 2 fully saturated rings. The molecule has 0 N–H and O–H groups in total. The first-order valence-corrected chi connectivity index (χ1v) is 8.66. The Bertz CT molecular complexity index is 678. The quantitative estimate of drug-likeness (QED) is 0.837. The second-order valence-electron chi connectivity index (χ2n) is 6.70. The number of nitrogens with zero attached hydrogens (tertiary/aromatic N) is 2. The van der Waals surface area contributed by atoms with Crippen molar-refractivity contribution >= 4 is 5.91 Å². The van der Waals surface area contributed by atoms with E-state index in [0.717, 1.165) is 24.9 Å². The molecule has 23 heavy (non-hydrogen) atoms. The highest BCUT2D eigenvalue weighted by Crippen LogP contribution is 2.36. The van der Waals surface area contributed by atoms with E-state index in [9.17, 15) is 4.79 Å². The molecule has 4 rings (SSSR count). The Hall–Kier alpha value is -2.10. The molecule has 2 aliphatic rings. The Morgan fingerprint density at radius 1 is 1.09 bits per heavy atom. The minimum Gasteiger partial charge on any atom is -0.355 e. The van der Waals surface area contributed by atoms with Crippen molar-refractivity contribution in [2.45, 2.75) is 44.6 Å². The maximum atomic E-state index is 12.9. The topological polar surface area (TPSA) is 46.3 Å². The lowest BCUT2D eigenvalue weighted by molar-refractivity contribution is 0.0381. The highest BCUT2D eigenvalue weighted by atomic mass is 16.5. The van der Waals surface area contributed by atoms with Gasteiger partial charge < -0.3 is 9.42 Å². The summed E-state index contributed by atoms with van der Waals surface area (Å²) in [6.07, 6.45) is 7.32. The first kappa shape index (κ1) is 14.5. The molecule has 1 aliphatic heterocycles. The average molecular weight is 310 g/mol. The molecule has 1 aromatic heterocycles. The molecule has 2 unspecified atom stereocenters. The Morgan fingerprint density at radius 3 is 2.74 bits per heavy atom. The van der Waals surface area contributed by atoms with Gasteiger partial charge in [0.2, 0.25) is 0 Å². The number of benzene rings is 1. The summed E-state index contributed by atoms with van der Waals surface area (Å²) >= 11 is 0. The average Bonchev–Trinajstić information content (AvgIpc) is 3.11. The summed E-state index contributed by atoms with van der Waals surface area (Å²) in [6, 6.07) is 12.0. The Balaban J connectivity index is 1.56. The van der Waals surface area contributed by atoms with Crippen molar-refractivity contribution in [3.63, 3.8) is 0 Å². The van der Waals surface area contributed by atoms with Crippen molar-refractivity contribution in [3.05, 3.63) is 42.1 Å². The van der Waals surface area contributed by atoms with E-state index in [1.54, 1.807) is 6.07 Å². The summed E-state index contributed by atoms with van der Waals surface area (Å²) in [5.41, 5.74) is 1.39. The molecular formula is C19H22N2O2. The lowest BCUT2D eigenvalue weighted by Crippen LogP contribution is -2.49. The molecule has 0 radical (unpaired) electrons. The molecule has 1 saturated heterocycles. The van der Waals surface area contributed by atoms with Crippen molar-refractivity contribution in [2.24, 2.45) is 5.92 Å². The third-order valence-electron chi connectivity index (χ3n) is 5.29. The molecule has 120 valence electrons. The van der Waals surface area contributed by atoms with Crippen molar-refractivity contribution in [3.8, 4) is 11.3 Å². The van der Waals surface area contributed by atoms with Gasteiger partial charge in [-0.1, -0.05) is 48.3 Å². The number of rotatable bonds is 2. The van der Waals surface area contributed by atoms with E-state index < -0.39 is 0 Å². The molecule has 1 saturated carbocycles. The predicted molar refractivity (Wildman–Crippen MR) is 88.0 cm³/mol. The SMILES string of the molecule is O=C(c1cc(-c2ccccc2)on1)N1CCCC2CCCCC21. The molecule has 0 bridgehead atoms. The van der Waals surface area contributed by atoms with Crippen molar-refractivity contribution in [2.75, 3.05) is 6.54 Å². The second kappa shape index (κ2) is 6.19. The number of piperidine rings is 1. The number of carbonyl (C=O) groups excluding carboxylic acids is 1. The van der Waals surface area contributed by atoms with Crippen LogP contribution in [0.3, 0.4) is 0 Å². The van der Waals surface area contributed by atoms with Gasteiger partial charge in [-0.15, -0.1) is 0 Å². The Kier molecular flexibility index (Phi) is 3.90. The number of likely N-dealkylation sites (tertiary alicyclic amines) is 1. The summed E-state index contributed by atoms with van der Waals surface area (Å²) in [6.45, 7) is 0.855. The summed E-state index contributed by atoms with van der Waals surface area (Å²) in [5, 5.41) is 4.04. The number of fused-ring (bicyclic) bond motifs is 1. The number of hydrogen-bond acceptors (Lipinski definition) is 3. The van der Waals surface area contributed by atoms with E-state index in [0.29, 0.717) is 23.4 Å². The summed E-state index contributed by atoms with van der Waals surface area (Å²) in [7, 11) is 0. The van der Waals surface area contributed by atoms with Crippen LogP contribution in [0.4, 0.5) is 0 Å². The van der Waals surface area contributed by atoms with Gasteiger partial charge in [0.25, 0.3) is 5.91 Å². The van der Waals surface area contributed by atoms with Crippen molar-refractivity contribution in [1.29, 1.82) is 0 Å². The molecule has 1 amide bonds. The monoisotopic (exact) mass is 310 g/mol. The number of carbonyl (C=O) groups is 1. The van der Waals surface area contributed by atoms with Crippen molar-refractivity contribution < 1.29 is 9.32 Å². The van der Waals surface area contributed by atoms with E-state index >= 15 is 0 Å². The van der Waals surface area contributed by atoms with Gasteiger partial charge in [-0.2, -0.15) is 0 Å². The second-order valence-corrected chi connectivity index (χ2v) is 6.70. The van der Waals surface area contributed by atoms with E-state index in [4.69, 9.17) is 4.52 Å². The van der Waals surface area contributed by atoms with Gasteiger partial charge in [0.05, 0.1) is 0 Å². The first-order valence-electron chi connectivity index (χ1n) is 8.66. The van der Waals surface area contributed by atoms with Crippen LogP contribution in [0, 0.1) is 5.92 Å².